The molecule has 1 saturated heterocycles. The van der Waals surface area contributed by atoms with Gasteiger partial charge in [0, 0.05) is 63.3 Å². The Morgan fingerprint density at radius 2 is 1.45 bits per heavy atom. The average molecular weight is 574 g/mol. The van der Waals surface area contributed by atoms with Gasteiger partial charge >= 0.3 is 6.03 Å². The van der Waals surface area contributed by atoms with Crippen molar-refractivity contribution in [3.63, 3.8) is 0 Å². The molecule has 8 nitrogen and oxygen atoms in total. The van der Waals surface area contributed by atoms with Crippen LogP contribution in [0, 0.1) is 0 Å². The fraction of sp³-hybridized carbons (Fsp3) is 0.710. The summed E-state index contributed by atoms with van der Waals surface area (Å²) in [6, 6.07) is 8.48. The molecule has 3 aliphatic rings. The van der Waals surface area contributed by atoms with Gasteiger partial charge in [0.2, 0.25) is 11.8 Å². The Morgan fingerprint density at radius 3 is 2.02 bits per heavy atom. The summed E-state index contributed by atoms with van der Waals surface area (Å²) in [5.41, 5.74) is 1.08. The van der Waals surface area contributed by atoms with E-state index >= 15 is 0 Å². The molecule has 1 aromatic rings. The van der Waals surface area contributed by atoms with Crippen molar-refractivity contribution >= 4 is 29.4 Å². The van der Waals surface area contributed by atoms with E-state index in [4.69, 9.17) is 11.6 Å². The first-order valence-electron chi connectivity index (χ1n) is 15.3. The first kappa shape index (κ1) is 30.6. The molecule has 0 unspecified atom stereocenters. The molecule has 0 bridgehead atoms. The number of rotatable bonds is 8. The van der Waals surface area contributed by atoms with Crippen molar-refractivity contribution in [2.45, 2.75) is 114 Å². The number of piperidine rings is 1. The van der Waals surface area contributed by atoms with Crippen LogP contribution >= 0.6 is 11.6 Å². The third-order valence-electron chi connectivity index (χ3n) is 8.96. The molecule has 1 heterocycles. The largest absolute Gasteiger partial charge is 0.354 e. The van der Waals surface area contributed by atoms with Crippen LogP contribution in [0.2, 0.25) is 5.02 Å². The van der Waals surface area contributed by atoms with Gasteiger partial charge in [0.05, 0.1) is 6.04 Å². The van der Waals surface area contributed by atoms with E-state index < -0.39 is 0 Å². The van der Waals surface area contributed by atoms with Crippen LogP contribution in [0.1, 0.15) is 83.1 Å². The predicted molar refractivity (Wildman–Crippen MR) is 159 cm³/mol. The van der Waals surface area contributed by atoms with Crippen LogP contribution < -0.4 is 10.6 Å². The second kappa shape index (κ2) is 14.5. The van der Waals surface area contributed by atoms with E-state index in [0.717, 1.165) is 56.9 Å². The van der Waals surface area contributed by atoms with Gasteiger partial charge < -0.3 is 25.3 Å². The van der Waals surface area contributed by atoms with Gasteiger partial charge in [-0.15, -0.1) is 0 Å². The van der Waals surface area contributed by atoms with Crippen molar-refractivity contribution in [1.29, 1.82) is 0 Å². The molecule has 1 atom stereocenters. The quantitative estimate of drug-likeness (QED) is 0.476. The Labute approximate surface area is 245 Å². The molecule has 2 aliphatic carbocycles. The summed E-state index contributed by atoms with van der Waals surface area (Å²) >= 11 is 6.12. The number of benzene rings is 1. The smallest absolute Gasteiger partial charge is 0.319 e. The molecule has 0 spiro atoms. The third-order valence-corrected chi connectivity index (χ3v) is 9.22. The SMILES string of the molecule is CC(=O)NC1CCC(N[C@H](Cc2ccc(Cl)cc2)C(=O)N2CCC(N(C(=O)N(C)C)C3CCCCC3)CC2)CC1. The maximum Gasteiger partial charge on any atom is 0.319 e. The van der Waals surface area contributed by atoms with E-state index in [2.05, 4.69) is 15.5 Å². The fourth-order valence-electron chi connectivity index (χ4n) is 6.84. The summed E-state index contributed by atoms with van der Waals surface area (Å²) in [5, 5.41) is 7.43. The summed E-state index contributed by atoms with van der Waals surface area (Å²) in [4.78, 5) is 44.5. The Hall–Kier alpha value is -2.32. The first-order valence-corrected chi connectivity index (χ1v) is 15.6. The molecule has 3 fully saturated rings. The van der Waals surface area contributed by atoms with E-state index in [1.165, 1.54) is 19.3 Å². The standard InChI is InChI=1S/C31H48ClN5O3/c1-22(38)33-25-13-15-26(16-14-25)34-29(21-23-9-11-24(32)12-10-23)30(39)36-19-17-28(18-20-36)37(31(40)35(2)3)27-7-5-4-6-8-27/h9-12,25-29,34H,4-8,13-21H2,1-3H3,(H,33,38)/t25?,26?,29-/m1/s1. The van der Waals surface area contributed by atoms with Crippen LogP contribution in [0.3, 0.4) is 0 Å². The Morgan fingerprint density at radius 1 is 0.875 bits per heavy atom. The number of nitrogens with zero attached hydrogens (tertiary/aromatic N) is 3. The number of urea groups is 1. The Balaban J connectivity index is 1.40. The van der Waals surface area contributed by atoms with Crippen LogP contribution in [0.4, 0.5) is 4.79 Å². The van der Waals surface area contributed by atoms with Crippen molar-refractivity contribution in [1.82, 2.24) is 25.3 Å². The highest BCUT2D eigenvalue weighted by molar-refractivity contribution is 6.30. The number of halogens is 1. The van der Waals surface area contributed by atoms with Crippen LogP contribution in [0.15, 0.2) is 24.3 Å². The molecular formula is C31H48ClN5O3. The number of amides is 4. The monoisotopic (exact) mass is 573 g/mol. The second-order valence-electron chi connectivity index (χ2n) is 12.2. The maximum atomic E-state index is 14.0. The van der Waals surface area contributed by atoms with Crippen LogP contribution in [0.5, 0.6) is 0 Å². The highest BCUT2D eigenvalue weighted by atomic mass is 35.5. The number of hydrogen-bond donors (Lipinski definition) is 2. The topological polar surface area (TPSA) is 85.0 Å². The lowest BCUT2D eigenvalue weighted by atomic mass is 9.89. The molecule has 1 aliphatic heterocycles. The zero-order chi connectivity index (χ0) is 28.6. The summed E-state index contributed by atoms with van der Waals surface area (Å²) in [5.74, 6) is 0.158. The lowest BCUT2D eigenvalue weighted by Gasteiger charge is -2.45. The molecule has 2 saturated carbocycles. The van der Waals surface area contributed by atoms with Gasteiger partial charge in [-0.25, -0.2) is 4.79 Å². The maximum absolute atomic E-state index is 14.0. The van der Waals surface area contributed by atoms with Crippen molar-refractivity contribution < 1.29 is 14.4 Å². The minimum Gasteiger partial charge on any atom is -0.354 e. The number of carbonyl (C=O) groups excluding carboxylic acids is 3. The highest BCUT2D eigenvalue weighted by Crippen LogP contribution is 2.29. The molecule has 2 N–H and O–H groups in total. The van der Waals surface area contributed by atoms with Crippen molar-refractivity contribution in [3.8, 4) is 0 Å². The normalized spacial score (nSPS) is 23.4. The molecule has 222 valence electrons. The van der Waals surface area contributed by atoms with Gasteiger partial charge in [-0.3, -0.25) is 9.59 Å². The Kier molecular flexibility index (Phi) is 11.1. The summed E-state index contributed by atoms with van der Waals surface area (Å²) < 4.78 is 0. The number of likely N-dealkylation sites (tertiary alicyclic amines) is 1. The van der Waals surface area contributed by atoms with Gasteiger partial charge in [0.1, 0.15) is 0 Å². The van der Waals surface area contributed by atoms with Crippen LogP contribution in [0.25, 0.3) is 0 Å². The van der Waals surface area contributed by atoms with E-state index in [1.807, 2.05) is 43.3 Å². The summed E-state index contributed by atoms with van der Waals surface area (Å²) in [7, 11) is 3.68. The molecule has 1 aromatic carbocycles. The van der Waals surface area contributed by atoms with Gasteiger partial charge in [0.15, 0.2) is 0 Å². The average Bonchev–Trinajstić information content (AvgIpc) is 2.95. The van der Waals surface area contributed by atoms with Gasteiger partial charge in [0.25, 0.3) is 0 Å². The molecule has 0 radical (unpaired) electrons. The van der Waals surface area contributed by atoms with Crippen LogP contribution in [-0.2, 0) is 16.0 Å². The first-order chi connectivity index (χ1) is 19.2. The van der Waals surface area contributed by atoms with E-state index in [9.17, 15) is 14.4 Å². The van der Waals surface area contributed by atoms with Crippen LogP contribution in [-0.4, -0.2) is 89.9 Å². The van der Waals surface area contributed by atoms with E-state index in [1.54, 1.807) is 11.8 Å². The van der Waals surface area contributed by atoms with Gasteiger partial charge in [-0.1, -0.05) is 43.0 Å². The minimum absolute atomic E-state index is 0.0185. The number of hydrogen-bond acceptors (Lipinski definition) is 4. The number of nitrogens with one attached hydrogen (secondary N) is 2. The van der Waals surface area contributed by atoms with E-state index in [0.29, 0.717) is 30.6 Å². The summed E-state index contributed by atoms with van der Waals surface area (Å²) in [6.07, 6.45) is 11.7. The van der Waals surface area contributed by atoms with Gasteiger partial charge in [-0.05, 0) is 75.5 Å². The Bertz CT molecular complexity index is 981. The molecule has 4 rings (SSSR count). The lowest BCUT2D eigenvalue weighted by Crippen LogP contribution is -2.58. The molecular weight excluding hydrogens is 526 g/mol. The second-order valence-corrected chi connectivity index (χ2v) is 12.7. The minimum atomic E-state index is -0.321. The third kappa shape index (κ3) is 8.35. The molecule has 40 heavy (non-hydrogen) atoms. The highest BCUT2D eigenvalue weighted by Gasteiger charge is 2.37. The van der Waals surface area contributed by atoms with Gasteiger partial charge in [-0.2, -0.15) is 0 Å². The van der Waals surface area contributed by atoms with Crippen molar-refractivity contribution in [2.24, 2.45) is 0 Å². The van der Waals surface area contributed by atoms with E-state index in [-0.39, 0.29) is 42.0 Å². The molecule has 9 heteroatoms. The molecule has 4 amide bonds. The fourth-order valence-corrected chi connectivity index (χ4v) is 6.96. The molecule has 0 aromatic heterocycles. The summed E-state index contributed by atoms with van der Waals surface area (Å²) in [6.45, 7) is 2.90. The van der Waals surface area contributed by atoms with Crippen molar-refractivity contribution in [2.75, 3.05) is 27.2 Å². The zero-order valence-electron chi connectivity index (χ0n) is 24.5. The number of carbonyl (C=O) groups is 3. The lowest BCUT2D eigenvalue weighted by molar-refractivity contribution is -0.135. The predicted octanol–water partition coefficient (Wildman–Crippen LogP) is 4.60. The van der Waals surface area contributed by atoms with Crippen molar-refractivity contribution in [3.05, 3.63) is 34.9 Å². The zero-order valence-corrected chi connectivity index (χ0v) is 25.3.